The molecule has 6 heteroatoms. The number of hydrogen-bond donors (Lipinski definition) is 1. The van der Waals surface area contributed by atoms with Crippen LogP contribution in [0.5, 0.6) is 23.0 Å². The van der Waals surface area contributed by atoms with Crippen LogP contribution in [-0.2, 0) is 4.79 Å². The Labute approximate surface area is 173 Å². The Kier molecular flexibility index (Phi) is 8.65. The van der Waals surface area contributed by atoms with Crippen molar-refractivity contribution in [3.63, 3.8) is 0 Å². The van der Waals surface area contributed by atoms with Crippen LogP contribution in [0, 0.1) is 0 Å². The van der Waals surface area contributed by atoms with Crippen molar-refractivity contribution in [1.29, 1.82) is 0 Å². The first-order chi connectivity index (χ1) is 14.0. The van der Waals surface area contributed by atoms with Gasteiger partial charge in [-0.05, 0) is 57.0 Å². The average Bonchev–Trinajstić information content (AvgIpc) is 2.73. The number of rotatable bonds is 11. The van der Waals surface area contributed by atoms with E-state index in [4.69, 9.17) is 18.9 Å². The summed E-state index contributed by atoms with van der Waals surface area (Å²) in [4.78, 5) is 12.8. The zero-order chi connectivity index (χ0) is 21.2. The number of nitrogens with one attached hydrogen (secondary N) is 1. The fourth-order valence-corrected chi connectivity index (χ4v) is 2.89. The molecular formula is C23H31NO5. The van der Waals surface area contributed by atoms with E-state index >= 15 is 0 Å². The maximum absolute atomic E-state index is 12.8. The summed E-state index contributed by atoms with van der Waals surface area (Å²) in [5.74, 6) is 2.48. The standard InChI is InChI=1S/C23H31NO5/c1-6-20(29-19-11-9-10-18(15-19)26-5)23(25)24-16(4)17-12-13-21(27-7-2)22(14-17)28-8-3/h9-16,20H,6-8H2,1-5H3,(H,24,25). The molecule has 1 N–H and O–H groups in total. The van der Waals surface area contributed by atoms with Gasteiger partial charge in [0.05, 0.1) is 26.4 Å². The van der Waals surface area contributed by atoms with Crippen molar-refractivity contribution in [2.45, 2.75) is 46.3 Å². The summed E-state index contributed by atoms with van der Waals surface area (Å²) in [6.07, 6.45) is -0.0536. The van der Waals surface area contributed by atoms with E-state index in [0.717, 1.165) is 5.56 Å². The highest BCUT2D eigenvalue weighted by molar-refractivity contribution is 5.81. The molecule has 0 heterocycles. The molecule has 1 amide bonds. The van der Waals surface area contributed by atoms with Gasteiger partial charge in [-0.25, -0.2) is 0 Å². The molecule has 0 aliphatic rings. The van der Waals surface area contributed by atoms with Crippen molar-refractivity contribution in [2.24, 2.45) is 0 Å². The molecule has 2 aromatic carbocycles. The van der Waals surface area contributed by atoms with E-state index in [1.807, 2.05) is 64.1 Å². The molecule has 0 radical (unpaired) electrons. The van der Waals surface area contributed by atoms with Crippen molar-refractivity contribution >= 4 is 5.91 Å². The van der Waals surface area contributed by atoms with Crippen LogP contribution in [0.15, 0.2) is 42.5 Å². The minimum Gasteiger partial charge on any atom is -0.497 e. The van der Waals surface area contributed by atoms with Gasteiger partial charge in [-0.15, -0.1) is 0 Å². The lowest BCUT2D eigenvalue weighted by Gasteiger charge is -2.22. The number of methoxy groups -OCH3 is 1. The molecule has 0 spiro atoms. The second-order valence-electron chi connectivity index (χ2n) is 6.50. The van der Waals surface area contributed by atoms with Crippen LogP contribution >= 0.6 is 0 Å². The van der Waals surface area contributed by atoms with Crippen LogP contribution in [0.3, 0.4) is 0 Å². The maximum atomic E-state index is 12.8. The molecule has 0 bridgehead atoms. The summed E-state index contributed by atoms with van der Waals surface area (Å²) < 4.78 is 22.4. The molecule has 0 aromatic heterocycles. The van der Waals surface area contributed by atoms with Crippen LogP contribution in [-0.4, -0.2) is 32.3 Å². The fraction of sp³-hybridized carbons (Fsp3) is 0.435. The molecule has 0 aliphatic carbocycles. The Morgan fingerprint density at radius 3 is 2.31 bits per heavy atom. The molecule has 0 fully saturated rings. The van der Waals surface area contributed by atoms with E-state index in [-0.39, 0.29) is 11.9 Å². The van der Waals surface area contributed by atoms with Crippen LogP contribution in [0.4, 0.5) is 0 Å². The first-order valence-corrected chi connectivity index (χ1v) is 10.0. The van der Waals surface area contributed by atoms with Crippen LogP contribution in [0.1, 0.15) is 45.7 Å². The summed E-state index contributed by atoms with van der Waals surface area (Å²) in [5.41, 5.74) is 0.932. The molecule has 2 rings (SSSR count). The van der Waals surface area contributed by atoms with Crippen molar-refractivity contribution in [3.05, 3.63) is 48.0 Å². The lowest BCUT2D eigenvalue weighted by Crippen LogP contribution is -2.39. The fourth-order valence-electron chi connectivity index (χ4n) is 2.89. The second kappa shape index (κ2) is 11.2. The van der Waals surface area contributed by atoms with Gasteiger partial charge < -0.3 is 24.3 Å². The highest BCUT2D eigenvalue weighted by Crippen LogP contribution is 2.31. The van der Waals surface area contributed by atoms with E-state index in [9.17, 15) is 4.79 Å². The zero-order valence-electron chi connectivity index (χ0n) is 17.9. The smallest absolute Gasteiger partial charge is 0.261 e. The number of ether oxygens (including phenoxy) is 4. The minimum atomic E-state index is -0.599. The van der Waals surface area contributed by atoms with E-state index < -0.39 is 6.10 Å². The lowest BCUT2D eigenvalue weighted by molar-refractivity contribution is -0.128. The van der Waals surface area contributed by atoms with Gasteiger partial charge in [-0.1, -0.05) is 19.1 Å². The molecule has 2 aromatic rings. The number of hydrogen-bond acceptors (Lipinski definition) is 5. The van der Waals surface area contributed by atoms with E-state index in [2.05, 4.69) is 5.32 Å². The van der Waals surface area contributed by atoms with Crippen molar-refractivity contribution < 1.29 is 23.7 Å². The minimum absolute atomic E-state index is 0.172. The first-order valence-electron chi connectivity index (χ1n) is 10.0. The van der Waals surface area contributed by atoms with Gasteiger partial charge in [0.2, 0.25) is 0 Å². The molecule has 0 aliphatic heterocycles. The van der Waals surface area contributed by atoms with Gasteiger partial charge in [0.25, 0.3) is 5.91 Å². The molecule has 6 nitrogen and oxygen atoms in total. The first kappa shape index (κ1) is 22.4. The monoisotopic (exact) mass is 401 g/mol. The van der Waals surface area contributed by atoms with Gasteiger partial charge in [0.1, 0.15) is 11.5 Å². The normalized spacial score (nSPS) is 12.6. The third kappa shape index (κ3) is 6.31. The summed E-state index contributed by atoms with van der Waals surface area (Å²) >= 11 is 0. The van der Waals surface area contributed by atoms with Gasteiger partial charge in [-0.3, -0.25) is 4.79 Å². The van der Waals surface area contributed by atoms with Crippen molar-refractivity contribution in [3.8, 4) is 23.0 Å². The van der Waals surface area contributed by atoms with E-state index in [1.165, 1.54) is 0 Å². The van der Waals surface area contributed by atoms with Gasteiger partial charge in [0.15, 0.2) is 17.6 Å². The molecule has 2 atom stereocenters. The van der Waals surface area contributed by atoms with Crippen LogP contribution in [0.25, 0.3) is 0 Å². The number of carbonyl (C=O) groups excluding carboxylic acids is 1. The average molecular weight is 402 g/mol. The lowest BCUT2D eigenvalue weighted by atomic mass is 10.1. The van der Waals surface area contributed by atoms with E-state index in [0.29, 0.717) is 42.6 Å². The molecule has 0 saturated heterocycles. The van der Waals surface area contributed by atoms with Gasteiger partial charge in [0, 0.05) is 6.07 Å². The topological polar surface area (TPSA) is 66.0 Å². The molecule has 2 unspecified atom stereocenters. The quantitative estimate of drug-likeness (QED) is 0.599. The summed E-state index contributed by atoms with van der Waals surface area (Å²) in [7, 11) is 1.60. The Morgan fingerprint density at radius 1 is 0.966 bits per heavy atom. The SMILES string of the molecule is CCOc1ccc(C(C)NC(=O)C(CC)Oc2cccc(OC)c2)cc1OCC. The third-order valence-electron chi connectivity index (χ3n) is 4.41. The Morgan fingerprint density at radius 2 is 1.66 bits per heavy atom. The van der Waals surface area contributed by atoms with Crippen LogP contribution in [0.2, 0.25) is 0 Å². The number of benzene rings is 2. The third-order valence-corrected chi connectivity index (χ3v) is 4.41. The van der Waals surface area contributed by atoms with Crippen molar-refractivity contribution in [1.82, 2.24) is 5.32 Å². The van der Waals surface area contributed by atoms with Crippen molar-refractivity contribution in [2.75, 3.05) is 20.3 Å². The Balaban J connectivity index is 2.08. The molecule has 29 heavy (non-hydrogen) atoms. The van der Waals surface area contributed by atoms with Gasteiger partial charge in [-0.2, -0.15) is 0 Å². The number of amides is 1. The van der Waals surface area contributed by atoms with Gasteiger partial charge >= 0.3 is 0 Å². The second-order valence-corrected chi connectivity index (χ2v) is 6.50. The largest absolute Gasteiger partial charge is 0.497 e. The predicted molar refractivity (Wildman–Crippen MR) is 113 cm³/mol. The summed E-state index contributed by atoms with van der Waals surface area (Å²) in [6, 6.07) is 12.7. The Hall–Kier alpha value is -2.89. The van der Waals surface area contributed by atoms with E-state index in [1.54, 1.807) is 13.2 Å². The number of carbonyl (C=O) groups is 1. The summed E-state index contributed by atoms with van der Waals surface area (Å²) in [6.45, 7) is 8.80. The molecular weight excluding hydrogens is 370 g/mol. The molecule has 0 saturated carbocycles. The summed E-state index contributed by atoms with van der Waals surface area (Å²) in [5, 5.41) is 3.03. The molecule has 158 valence electrons. The highest BCUT2D eigenvalue weighted by Gasteiger charge is 2.21. The zero-order valence-corrected chi connectivity index (χ0v) is 17.9. The Bertz CT molecular complexity index is 793. The highest BCUT2D eigenvalue weighted by atomic mass is 16.5. The predicted octanol–water partition coefficient (Wildman–Crippen LogP) is 4.53. The van der Waals surface area contributed by atoms with Crippen LogP contribution < -0.4 is 24.3 Å². The maximum Gasteiger partial charge on any atom is 0.261 e.